The van der Waals surface area contributed by atoms with E-state index in [-0.39, 0.29) is 17.6 Å². The van der Waals surface area contributed by atoms with Gasteiger partial charge in [0.1, 0.15) is 0 Å². The molecular formula is C19H17N3O2S. The number of hydrogen-bond donors (Lipinski definition) is 2. The maximum atomic E-state index is 12.5. The van der Waals surface area contributed by atoms with E-state index < -0.39 is 0 Å². The van der Waals surface area contributed by atoms with Gasteiger partial charge in [-0.2, -0.15) is 0 Å². The van der Waals surface area contributed by atoms with Crippen molar-refractivity contribution in [1.82, 2.24) is 9.97 Å². The van der Waals surface area contributed by atoms with E-state index in [0.29, 0.717) is 11.3 Å². The van der Waals surface area contributed by atoms with Crippen LogP contribution in [0.15, 0.2) is 41.6 Å². The third kappa shape index (κ3) is 2.93. The topological polar surface area (TPSA) is 74.8 Å². The minimum absolute atomic E-state index is 0.0217. The standard InChI is InChI=1S/C19H17N3O2S/c1-10-3-5-15-16(7-10)22-19(21-15)25-9-17(23)12-4-6-14-13(8-12)11(2)18(24)20-14/h3-8,11H,9H2,1-2H3,(H,20,24)(H,21,22)/t11-/m0/s1. The molecule has 4 rings (SSSR count). The third-order valence-electron chi connectivity index (χ3n) is 4.45. The Labute approximate surface area is 149 Å². The molecule has 25 heavy (non-hydrogen) atoms. The summed E-state index contributed by atoms with van der Waals surface area (Å²) < 4.78 is 0. The summed E-state index contributed by atoms with van der Waals surface area (Å²) in [6.45, 7) is 3.88. The maximum absolute atomic E-state index is 12.5. The number of benzene rings is 2. The smallest absolute Gasteiger partial charge is 0.231 e. The first-order chi connectivity index (χ1) is 12.0. The van der Waals surface area contributed by atoms with Crippen LogP contribution in [0.25, 0.3) is 11.0 Å². The van der Waals surface area contributed by atoms with Crippen LogP contribution < -0.4 is 5.32 Å². The van der Waals surface area contributed by atoms with Gasteiger partial charge in [-0.1, -0.05) is 17.8 Å². The molecule has 1 aliphatic rings. The van der Waals surface area contributed by atoms with E-state index in [1.54, 1.807) is 12.1 Å². The van der Waals surface area contributed by atoms with E-state index in [1.165, 1.54) is 17.3 Å². The number of nitrogens with zero attached hydrogens (tertiary/aromatic N) is 1. The minimum atomic E-state index is -0.214. The Morgan fingerprint density at radius 3 is 2.92 bits per heavy atom. The van der Waals surface area contributed by atoms with Gasteiger partial charge in [-0.15, -0.1) is 0 Å². The van der Waals surface area contributed by atoms with Gasteiger partial charge in [0.25, 0.3) is 0 Å². The first-order valence-corrected chi connectivity index (χ1v) is 9.07. The van der Waals surface area contributed by atoms with Crippen molar-refractivity contribution < 1.29 is 9.59 Å². The lowest BCUT2D eigenvalue weighted by Crippen LogP contribution is -2.08. The van der Waals surface area contributed by atoms with Crippen LogP contribution in [0.3, 0.4) is 0 Å². The number of thioether (sulfide) groups is 1. The van der Waals surface area contributed by atoms with E-state index >= 15 is 0 Å². The molecule has 0 fully saturated rings. The van der Waals surface area contributed by atoms with Crippen molar-refractivity contribution in [2.45, 2.75) is 24.9 Å². The number of anilines is 1. The molecule has 2 heterocycles. The highest BCUT2D eigenvalue weighted by Gasteiger charge is 2.27. The summed E-state index contributed by atoms with van der Waals surface area (Å²) in [5.41, 5.74) is 5.36. The molecule has 126 valence electrons. The van der Waals surface area contributed by atoms with E-state index in [9.17, 15) is 9.59 Å². The lowest BCUT2D eigenvalue weighted by Gasteiger charge is -2.05. The van der Waals surface area contributed by atoms with Gasteiger partial charge >= 0.3 is 0 Å². The Morgan fingerprint density at radius 2 is 2.08 bits per heavy atom. The van der Waals surface area contributed by atoms with Crippen LogP contribution in [0.1, 0.15) is 34.3 Å². The number of imidazole rings is 1. The quantitative estimate of drug-likeness (QED) is 0.552. The average molecular weight is 351 g/mol. The van der Waals surface area contributed by atoms with Gasteiger partial charge in [0.15, 0.2) is 10.9 Å². The fourth-order valence-electron chi connectivity index (χ4n) is 2.98. The Bertz CT molecular complexity index is 1010. The van der Waals surface area contributed by atoms with Crippen LogP contribution in [0.2, 0.25) is 0 Å². The number of amides is 1. The predicted molar refractivity (Wildman–Crippen MR) is 99.4 cm³/mol. The number of ketones is 1. The van der Waals surface area contributed by atoms with Gasteiger partial charge in [-0.25, -0.2) is 4.98 Å². The summed E-state index contributed by atoms with van der Waals surface area (Å²) in [6, 6.07) is 11.4. The van der Waals surface area contributed by atoms with Crippen molar-refractivity contribution in [3.8, 4) is 0 Å². The largest absolute Gasteiger partial charge is 0.333 e. The number of aryl methyl sites for hydroxylation is 1. The van der Waals surface area contributed by atoms with Crippen LogP contribution in [0.5, 0.6) is 0 Å². The highest BCUT2D eigenvalue weighted by Crippen LogP contribution is 2.33. The number of aromatic amines is 1. The van der Waals surface area contributed by atoms with Gasteiger partial charge in [0.05, 0.1) is 22.7 Å². The summed E-state index contributed by atoms with van der Waals surface area (Å²) in [4.78, 5) is 32.0. The molecule has 1 amide bonds. The summed E-state index contributed by atoms with van der Waals surface area (Å²) in [5, 5.41) is 3.56. The molecule has 0 aliphatic carbocycles. The van der Waals surface area contributed by atoms with Gasteiger partial charge in [-0.3, -0.25) is 9.59 Å². The molecule has 0 radical (unpaired) electrons. The van der Waals surface area contributed by atoms with E-state index in [0.717, 1.165) is 27.4 Å². The Balaban J connectivity index is 1.49. The summed E-state index contributed by atoms with van der Waals surface area (Å²) in [7, 11) is 0. The van der Waals surface area contributed by atoms with Crippen molar-refractivity contribution in [3.63, 3.8) is 0 Å². The molecule has 0 spiro atoms. The van der Waals surface area contributed by atoms with Crippen LogP contribution in [0.4, 0.5) is 5.69 Å². The molecule has 6 heteroatoms. The van der Waals surface area contributed by atoms with Crippen molar-refractivity contribution in [1.29, 1.82) is 0 Å². The number of carbonyl (C=O) groups is 2. The number of aromatic nitrogens is 2. The molecule has 1 aromatic heterocycles. The highest BCUT2D eigenvalue weighted by molar-refractivity contribution is 7.99. The van der Waals surface area contributed by atoms with Crippen LogP contribution in [-0.2, 0) is 4.79 Å². The molecule has 0 unspecified atom stereocenters. The zero-order valence-corrected chi connectivity index (χ0v) is 14.7. The van der Waals surface area contributed by atoms with Crippen LogP contribution in [-0.4, -0.2) is 27.4 Å². The van der Waals surface area contributed by atoms with Crippen molar-refractivity contribution in [3.05, 3.63) is 53.1 Å². The Morgan fingerprint density at radius 1 is 1.24 bits per heavy atom. The van der Waals surface area contributed by atoms with Crippen molar-refractivity contribution in [2.24, 2.45) is 0 Å². The maximum Gasteiger partial charge on any atom is 0.231 e. The highest BCUT2D eigenvalue weighted by atomic mass is 32.2. The second-order valence-corrected chi connectivity index (χ2v) is 7.25. The molecule has 1 atom stereocenters. The lowest BCUT2D eigenvalue weighted by atomic mass is 9.99. The molecule has 5 nitrogen and oxygen atoms in total. The number of H-pyrrole nitrogens is 1. The zero-order valence-electron chi connectivity index (χ0n) is 13.9. The van der Waals surface area contributed by atoms with Crippen molar-refractivity contribution in [2.75, 3.05) is 11.1 Å². The van der Waals surface area contributed by atoms with Gasteiger partial charge in [0.2, 0.25) is 5.91 Å². The average Bonchev–Trinajstić information content (AvgIpc) is 3.13. The molecule has 0 bridgehead atoms. The second kappa shape index (κ2) is 6.04. The van der Waals surface area contributed by atoms with E-state index in [2.05, 4.69) is 15.3 Å². The minimum Gasteiger partial charge on any atom is -0.333 e. The van der Waals surface area contributed by atoms with E-state index in [1.807, 2.05) is 38.1 Å². The fraction of sp³-hybridized carbons (Fsp3) is 0.211. The Kier molecular flexibility index (Phi) is 3.84. The first kappa shape index (κ1) is 15.9. The molecule has 2 N–H and O–H groups in total. The predicted octanol–water partition coefficient (Wildman–Crippen LogP) is 3.90. The van der Waals surface area contributed by atoms with Gasteiger partial charge in [-0.05, 0) is 55.3 Å². The monoisotopic (exact) mass is 351 g/mol. The summed E-state index contributed by atoms with van der Waals surface area (Å²) in [5.74, 6) is 0.0874. The van der Waals surface area contributed by atoms with Crippen LogP contribution in [0, 0.1) is 6.92 Å². The number of hydrogen-bond acceptors (Lipinski definition) is 4. The van der Waals surface area contributed by atoms with E-state index in [4.69, 9.17) is 0 Å². The summed E-state index contributed by atoms with van der Waals surface area (Å²) in [6.07, 6.45) is 0. The molecule has 3 aromatic rings. The number of rotatable bonds is 4. The molecule has 0 saturated carbocycles. The number of carbonyl (C=O) groups excluding carboxylic acids is 2. The zero-order chi connectivity index (χ0) is 17.6. The van der Waals surface area contributed by atoms with Crippen LogP contribution >= 0.6 is 11.8 Å². The SMILES string of the molecule is Cc1ccc2nc(SCC(=O)c3ccc4c(c3)[C@H](C)C(=O)N4)[nH]c2c1. The number of nitrogens with one attached hydrogen (secondary N) is 2. The first-order valence-electron chi connectivity index (χ1n) is 8.08. The molecule has 1 aliphatic heterocycles. The summed E-state index contributed by atoms with van der Waals surface area (Å²) >= 11 is 1.39. The Hall–Kier alpha value is -2.60. The molecule has 0 saturated heterocycles. The van der Waals surface area contributed by atoms with Gasteiger partial charge < -0.3 is 10.3 Å². The number of fused-ring (bicyclic) bond motifs is 2. The van der Waals surface area contributed by atoms with Crippen molar-refractivity contribution >= 4 is 40.2 Å². The number of Topliss-reactive ketones (excluding diaryl/α,β-unsaturated/α-hetero) is 1. The third-order valence-corrected chi connectivity index (χ3v) is 5.32. The normalized spacial score (nSPS) is 16.1. The second-order valence-electron chi connectivity index (χ2n) is 6.29. The molecular weight excluding hydrogens is 334 g/mol. The lowest BCUT2D eigenvalue weighted by molar-refractivity contribution is -0.116. The fourth-order valence-corrected chi connectivity index (χ4v) is 3.76. The van der Waals surface area contributed by atoms with Gasteiger partial charge in [0, 0.05) is 11.3 Å². The molecule has 2 aromatic carbocycles.